The number of likely N-dealkylation sites (tertiary alicyclic amines) is 1. The molecule has 2 aliphatic rings. The van der Waals surface area contributed by atoms with Crippen molar-refractivity contribution in [3.63, 3.8) is 0 Å². The van der Waals surface area contributed by atoms with Gasteiger partial charge >= 0.3 is 0 Å². The summed E-state index contributed by atoms with van der Waals surface area (Å²) in [4.78, 5) is 14.1. The first-order valence-corrected chi connectivity index (χ1v) is 10.6. The first-order chi connectivity index (χ1) is 15.1. The highest BCUT2D eigenvalue weighted by Gasteiger charge is 2.42. The van der Waals surface area contributed by atoms with Crippen LogP contribution in [-0.4, -0.2) is 56.7 Å². The summed E-state index contributed by atoms with van der Waals surface area (Å²) >= 11 is 0. The van der Waals surface area contributed by atoms with Crippen LogP contribution in [0.2, 0.25) is 0 Å². The number of benzene rings is 1. The van der Waals surface area contributed by atoms with Crippen molar-refractivity contribution in [2.75, 3.05) is 25.0 Å². The van der Waals surface area contributed by atoms with Gasteiger partial charge in [-0.15, -0.1) is 5.10 Å². The van der Waals surface area contributed by atoms with E-state index in [0.717, 1.165) is 52.8 Å². The molecule has 156 valence electrons. The van der Waals surface area contributed by atoms with Gasteiger partial charge < -0.3 is 4.90 Å². The van der Waals surface area contributed by atoms with E-state index in [0.29, 0.717) is 12.1 Å². The summed E-state index contributed by atoms with van der Waals surface area (Å²) in [5.74, 6) is 0.714. The fourth-order valence-electron chi connectivity index (χ4n) is 4.98. The fourth-order valence-corrected chi connectivity index (χ4v) is 4.98. The minimum absolute atomic E-state index is 0.261. The fraction of sp³-hybridized carbons (Fsp3) is 0.292. The van der Waals surface area contributed by atoms with Gasteiger partial charge in [0.15, 0.2) is 5.65 Å². The molecule has 0 radical (unpaired) electrons. The van der Waals surface area contributed by atoms with Gasteiger partial charge in [-0.25, -0.2) is 13.9 Å². The number of piperazine rings is 1. The third-order valence-electron chi connectivity index (χ3n) is 6.56. The van der Waals surface area contributed by atoms with Crippen LogP contribution < -0.4 is 4.90 Å². The highest BCUT2D eigenvalue weighted by atomic mass is 19.1. The molecule has 0 amide bonds. The maximum Gasteiger partial charge on any atom is 0.155 e. The van der Waals surface area contributed by atoms with Crippen molar-refractivity contribution < 1.29 is 4.39 Å². The summed E-state index contributed by atoms with van der Waals surface area (Å²) < 4.78 is 15.5. The minimum atomic E-state index is -0.261. The summed E-state index contributed by atoms with van der Waals surface area (Å²) in [6.45, 7) is 4.05. The van der Waals surface area contributed by atoms with E-state index in [1.165, 1.54) is 18.6 Å². The lowest BCUT2D eigenvalue weighted by atomic mass is 10.1. The van der Waals surface area contributed by atoms with Crippen molar-refractivity contribution in [1.82, 2.24) is 24.5 Å². The molecular weight excluding hydrogens is 391 g/mol. The molecule has 0 aliphatic carbocycles. The Kier molecular flexibility index (Phi) is 4.08. The standard InChI is InChI=1S/C24H23FN6/c1-15-11-17(9-10-26-15)24-23(16-3-5-18(25)6-4-16)27-21-7-8-22(28-31(21)24)30-14-19-12-20(30)13-29(19)2/h3-11,19-20H,12-14H2,1-2H3/t19-,20-/m0/s1. The van der Waals surface area contributed by atoms with Crippen LogP contribution in [0.15, 0.2) is 54.7 Å². The van der Waals surface area contributed by atoms with Crippen molar-refractivity contribution in [3.8, 4) is 22.5 Å². The molecule has 4 aromatic rings. The summed E-state index contributed by atoms with van der Waals surface area (Å²) in [6.07, 6.45) is 3.00. The Labute approximate surface area is 180 Å². The monoisotopic (exact) mass is 414 g/mol. The molecule has 0 unspecified atom stereocenters. The maximum absolute atomic E-state index is 13.6. The highest BCUT2D eigenvalue weighted by Crippen LogP contribution is 2.36. The molecule has 6 rings (SSSR count). The molecule has 5 heterocycles. The molecule has 2 fully saturated rings. The lowest BCUT2D eigenvalue weighted by Gasteiger charge is -2.32. The SMILES string of the molecule is Cc1cc(-c2c(-c3ccc(F)cc3)nc3ccc(N4C[C@@H]5C[C@H]4CN5C)nn23)ccn1. The van der Waals surface area contributed by atoms with Crippen LogP contribution >= 0.6 is 0 Å². The molecule has 7 heteroatoms. The number of likely N-dealkylation sites (N-methyl/N-ethyl adjacent to an activating group) is 1. The maximum atomic E-state index is 13.6. The number of fused-ring (bicyclic) bond motifs is 3. The Morgan fingerprint density at radius 1 is 0.968 bits per heavy atom. The van der Waals surface area contributed by atoms with Crippen LogP contribution in [0.1, 0.15) is 12.1 Å². The number of halogens is 1. The third-order valence-corrected chi connectivity index (χ3v) is 6.56. The number of anilines is 1. The Hall–Kier alpha value is -3.32. The van der Waals surface area contributed by atoms with Gasteiger partial charge in [0.25, 0.3) is 0 Å². The lowest BCUT2D eigenvalue weighted by Crippen LogP contribution is -2.45. The van der Waals surface area contributed by atoms with E-state index in [2.05, 4.69) is 27.9 Å². The van der Waals surface area contributed by atoms with Gasteiger partial charge in [0, 0.05) is 48.2 Å². The number of rotatable bonds is 3. The zero-order chi connectivity index (χ0) is 21.1. The summed E-state index contributed by atoms with van der Waals surface area (Å²) in [7, 11) is 2.20. The predicted molar refractivity (Wildman–Crippen MR) is 119 cm³/mol. The number of aromatic nitrogens is 4. The van der Waals surface area contributed by atoms with E-state index in [4.69, 9.17) is 10.1 Å². The second kappa shape index (κ2) is 6.85. The van der Waals surface area contributed by atoms with E-state index in [1.807, 2.05) is 29.6 Å². The number of hydrogen-bond donors (Lipinski definition) is 0. The molecule has 2 atom stereocenters. The zero-order valence-corrected chi connectivity index (χ0v) is 17.5. The van der Waals surface area contributed by atoms with E-state index >= 15 is 0 Å². The number of hydrogen-bond acceptors (Lipinski definition) is 5. The third kappa shape index (κ3) is 2.99. The van der Waals surface area contributed by atoms with Crippen LogP contribution in [0.5, 0.6) is 0 Å². The van der Waals surface area contributed by atoms with Crippen LogP contribution in [-0.2, 0) is 0 Å². The average molecular weight is 414 g/mol. The predicted octanol–water partition coefficient (Wildman–Crippen LogP) is 3.80. The Morgan fingerprint density at radius 2 is 1.81 bits per heavy atom. The van der Waals surface area contributed by atoms with Gasteiger partial charge in [-0.05, 0) is 68.9 Å². The lowest BCUT2D eigenvalue weighted by molar-refractivity contribution is 0.292. The first-order valence-electron chi connectivity index (χ1n) is 10.6. The molecule has 1 aromatic carbocycles. The number of imidazole rings is 1. The Morgan fingerprint density at radius 3 is 2.52 bits per heavy atom. The zero-order valence-electron chi connectivity index (χ0n) is 17.5. The quantitative estimate of drug-likeness (QED) is 0.510. The van der Waals surface area contributed by atoms with Gasteiger partial charge in [0.1, 0.15) is 17.3 Å². The van der Waals surface area contributed by atoms with Crippen LogP contribution in [0, 0.1) is 12.7 Å². The smallest absolute Gasteiger partial charge is 0.155 e. The van der Waals surface area contributed by atoms with Crippen LogP contribution in [0.4, 0.5) is 10.2 Å². The van der Waals surface area contributed by atoms with Crippen molar-refractivity contribution in [1.29, 1.82) is 0 Å². The van der Waals surface area contributed by atoms with Crippen LogP contribution in [0.3, 0.4) is 0 Å². The largest absolute Gasteiger partial charge is 0.349 e. The van der Waals surface area contributed by atoms with Crippen LogP contribution in [0.25, 0.3) is 28.2 Å². The average Bonchev–Trinajstić information content (AvgIpc) is 3.45. The molecule has 2 bridgehead atoms. The van der Waals surface area contributed by atoms with Crippen molar-refractivity contribution in [3.05, 3.63) is 66.2 Å². The van der Waals surface area contributed by atoms with Gasteiger partial charge in [-0.1, -0.05) is 0 Å². The molecule has 0 saturated carbocycles. The van der Waals surface area contributed by atoms with Crippen molar-refractivity contribution in [2.45, 2.75) is 25.4 Å². The van der Waals surface area contributed by atoms with Gasteiger partial charge in [0.2, 0.25) is 0 Å². The normalized spacial score (nSPS) is 20.8. The molecule has 0 N–H and O–H groups in total. The Bertz CT molecular complexity index is 1280. The van der Waals surface area contributed by atoms with Gasteiger partial charge in [0.05, 0.1) is 5.69 Å². The summed E-state index contributed by atoms with van der Waals surface area (Å²) in [5.41, 5.74) is 5.24. The number of aryl methyl sites for hydroxylation is 1. The van der Waals surface area contributed by atoms with Crippen molar-refractivity contribution >= 4 is 11.5 Å². The van der Waals surface area contributed by atoms with E-state index in [1.54, 1.807) is 18.3 Å². The topological polar surface area (TPSA) is 49.6 Å². The molecule has 31 heavy (non-hydrogen) atoms. The summed E-state index contributed by atoms with van der Waals surface area (Å²) in [6, 6.07) is 15.7. The van der Waals surface area contributed by atoms with E-state index in [9.17, 15) is 4.39 Å². The molecular formula is C24H23FN6. The van der Waals surface area contributed by atoms with E-state index in [-0.39, 0.29) is 5.82 Å². The highest BCUT2D eigenvalue weighted by molar-refractivity contribution is 5.81. The molecule has 6 nitrogen and oxygen atoms in total. The molecule has 2 aliphatic heterocycles. The number of pyridine rings is 1. The second-order valence-electron chi connectivity index (χ2n) is 8.60. The minimum Gasteiger partial charge on any atom is -0.349 e. The first kappa shape index (κ1) is 18.4. The second-order valence-corrected chi connectivity index (χ2v) is 8.60. The van der Waals surface area contributed by atoms with Crippen molar-refractivity contribution in [2.24, 2.45) is 0 Å². The molecule has 3 aromatic heterocycles. The summed E-state index contributed by atoms with van der Waals surface area (Å²) in [5, 5.41) is 5.04. The number of nitrogens with zero attached hydrogens (tertiary/aromatic N) is 6. The van der Waals surface area contributed by atoms with Gasteiger partial charge in [-0.3, -0.25) is 9.88 Å². The Balaban J connectivity index is 1.53. The molecule has 0 spiro atoms. The van der Waals surface area contributed by atoms with Gasteiger partial charge in [-0.2, -0.15) is 0 Å². The molecule has 2 saturated heterocycles. The van der Waals surface area contributed by atoms with E-state index < -0.39 is 0 Å².